The zero-order valence-corrected chi connectivity index (χ0v) is 13.6. The number of nitrogens with one attached hydrogen (secondary N) is 2. The molecule has 3 aromatic heterocycles. The molecule has 3 heterocycles. The van der Waals surface area contributed by atoms with Gasteiger partial charge in [-0.05, 0) is 43.0 Å². The molecule has 24 heavy (non-hydrogen) atoms. The fraction of sp³-hybridized carbons (Fsp3) is 0.389. The van der Waals surface area contributed by atoms with E-state index in [4.69, 9.17) is 10.7 Å². The van der Waals surface area contributed by atoms with Crippen molar-refractivity contribution in [2.24, 2.45) is 11.7 Å². The van der Waals surface area contributed by atoms with Crippen LogP contribution in [0.3, 0.4) is 0 Å². The Bertz CT molecular complexity index is 833. The minimum absolute atomic E-state index is 0. The first-order valence-corrected chi connectivity index (χ1v) is 8.57. The summed E-state index contributed by atoms with van der Waals surface area (Å²) in [6.45, 7) is 0.878. The Kier molecular flexibility index (Phi) is 4.13. The maximum absolute atomic E-state index is 6.23. The Balaban J connectivity index is 0.00000182. The van der Waals surface area contributed by atoms with Crippen LogP contribution < -0.4 is 11.1 Å². The highest BCUT2D eigenvalue weighted by atomic mass is 15.2. The zero-order chi connectivity index (χ0) is 16.4. The van der Waals surface area contributed by atoms with Crippen LogP contribution in [0.25, 0.3) is 22.4 Å². The van der Waals surface area contributed by atoms with Crippen molar-refractivity contribution in [1.29, 1.82) is 0 Å². The lowest BCUT2D eigenvalue weighted by molar-refractivity contribution is 0.321. The van der Waals surface area contributed by atoms with Gasteiger partial charge >= 0.3 is 0 Å². The lowest BCUT2D eigenvalue weighted by Crippen LogP contribution is -2.37. The van der Waals surface area contributed by atoms with Crippen LogP contribution in [0.4, 0.5) is 5.82 Å². The van der Waals surface area contributed by atoms with Gasteiger partial charge < -0.3 is 11.1 Å². The van der Waals surface area contributed by atoms with E-state index in [-0.39, 0.29) is 1.43 Å². The fourth-order valence-electron chi connectivity index (χ4n) is 3.44. The molecule has 2 atom stereocenters. The van der Waals surface area contributed by atoms with E-state index in [1.807, 2.05) is 30.3 Å². The molecule has 0 aliphatic heterocycles. The minimum atomic E-state index is 0. The van der Waals surface area contributed by atoms with Crippen molar-refractivity contribution in [3.8, 4) is 11.4 Å². The zero-order valence-electron chi connectivity index (χ0n) is 13.6. The molecule has 4 N–H and O–H groups in total. The lowest BCUT2D eigenvalue weighted by atomic mass is 9.85. The molecule has 6 nitrogen and oxygen atoms in total. The summed E-state index contributed by atoms with van der Waals surface area (Å²) in [5.41, 5.74) is 8.70. The average molecular weight is 324 g/mol. The van der Waals surface area contributed by atoms with Gasteiger partial charge in [-0.3, -0.25) is 5.10 Å². The number of pyridine rings is 2. The minimum Gasteiger partial charge on any atom is -0.370 e. The number of H-pyrrole nitrogens is 1. The first-order chi connectivity index (χ1) is 11.8. The normalized spacial score (nSPS) is 21.0. The van der Waals surface area contributed by atoms with Crippen molar-refractivity contribution >= 4 is 16.9 Å². The van der Waals surface area contributed by atoms with Crippen LogP contribution in [-0.2, 0) is 0 Å². The van der Waals surface area contributed by atoms with Crippen LogP contribution in [-0.4, -0.2) is 32.8 Å². The molecule has 0 radical (unpaired) electrons. The summed E-state index contributed by atoms with van der Waals surface area (Å²) in [4.78, 5) is 8.98. The third-order valence-electron chi connectivity index (χ3n) is 4.85. The summed E-state index contributed by atoms with van der Waals surface area (Å²) < 4.78 is 0. The highest BCUT2D eigenvalue weighted by molar-refractivity contribution is 5.89. The second-order valence-electron chi connectivity index (χ2n) is 6.47. The van der Waals surface area contributed by atoms with Crippen LogP contribution in [0, 0.1) is 5.92 Å². The molecular formula is C18H24N6. The van der Waals surface area contributed by atoms with Crippen LogP contribution in [0.1, 0.15) is 27.1 Å². The van der Waals surface area contributed by atoms with Crippen molar-refractivity contribution in [1.82, 2.24) is 20.2 Å². The van der Waals surface area contributed by atoms with Gasteiger partial charge in [-0.25, -0.2) is 9.97 Å². The topological polar surface area (TPSA) is 92.5 Å². The first kappa shape index (κ1) is 15.1. The van der Waals surface area contributed by atoms with Gasteiger partial charge in [-0.1, -0.05) is 18.9 Å². The smallest absolute Gasteiger partial charge is 0.181 e. The van der Waals surface area contributed by atoms with Gasteiger partial charge in [-0.15, -0.1) is 0 Å². The van der Waals surface area contributed by atoms with Gasteiger partial charge in [-0.2, -0.15) is 5.10 Å². The number of fused-ring (bicyclic) bond motifs is 1. The molecule has 0 spiro atoms. The fourth-order valence-corrected chi connectivity index (χ4v) is 3.44. The predicted octanol–water partition coefficient (Wildman–Crippen LogP) is 3.20. The van der Waals surface area contributed by atoms with Crippen molar-refractivity contribution in [3.63, 3.8) is 0 Å². The maximum atomic E-state index is 6.23. The maximum Gasteiger partial charge on any atom is 0.181 e. The first-order valence-electron chi connectivity index (χ1n) is 8.57. The molecule has 3 aromatic rings. The monoisotopic (exact) mass is 324 g/mol. The Labute approximate surface area is 142 Å². The number of aromatic amines is 1. The van der Waals surface area contributed by atoms with E-state index < -0.39 is 0 Å². The number of hydrogen-bond acceptors (Lipinski definition) is 5. The standard InChI is InChI=1S/C18H22N6.H2/c19-14-7-2-1-5-12(14)11-21-16-9-3-8-15(22-16)17-13-6-4-10-20-18(13)24-23-17;/h3-4,6,8-10,12,14H,1-2,5,7,11,19H2,(H,21,22)(H,20,23,24);1H. The van der Waals surface area contributed by atoms with E-state index in [2.05, 4.69) is 20.5 Å². The molecule has 1 fully saturated rings. The van der Waals surface area contributed by atoms with Crippen LogP contribution in [0.2, 0.25) is 0 Å². The molecule has 0 aromatic carbocycles. The number of aromatic nitrogens is 4. The Morgan fingerprint density at radius 2 is 2.12 bits per heavy atom. The number of hydrogen-bond donors (Lipinski definition) is 3. The van der Waals surface area contributed by atoms with Gasteiger partial charge in [0.25, 0.3) is 0 Å². The van der Waals surface area contributed by atoms with Crippen molar-refractivity contribution in [3.05, 3.63) is 36.5 Å². The summed E-state index contributed by atoms with van der Waals surface area (Å²) in [6, 6.07) is 10.2. The van der Waals surface area contributed by atoms with E-state index in [0.717, 1.165) is 35.6 Å². The number of rotatable bonds is 4. The van der Waals surface area contributed by atoms with Crippen molar-refractivity contribution < 1.29 is 1.43 Å². The second-order valence-corrected chi connectivity index (χ2v) is 6.47. The third-order valence-corrected chi connectivity index (χ3v) is 4.85. The average Bonchev–Trinajstić information content (AvgIpc) is 3.05. The highest BCUT2D eigenvalue weighted by Crippen LogP contribution is 2.26. The van der Waals surface area contributed by atoms with E-state index in [1.54, 1.807) is 6.20 Å². The van der Waals surface area contributed by atoms with Crippen molar-refractivity contribution in [2.75, 3.05) is 11.9 Å². The summed E-state index contributed by atoms with van der Waals surface area (Å²) in [6.07, 6.45) is 6.61. The second kappa shape index (κ2) is 6.57. The van der Waals surface area contributed by atoms with Gasteiger partial charge in [0.1, 0.15) is 5.82 Å². The molecule has 1 aliphatic carbocycles. The summed E-state index contributed by atoms with van der Waals surface area (Å²) in [5.74, 6) is 1.40. The van der Waals surface area contributed by atoms with Gasteiger partial charge in [0.05, 0.1) is 11.4 Å². The summed E-state index contributed by atoms with van der Waals surface area (Å²) in [7, 11) is 0. The molecule has 0 bridgehead atoms. The number of nitrogens with zero attached hydrogens (tertiary/aromatic N) is 3. The molecule has 4 rings (SSSR count). The highest BCUT2D eigenvalue weighted by Gasteiger charge is 2.21. The van der Waals surface area contributed by atoms with E-state index in [9.17, 15) is 0 Å². The Morgan fingerprint density at radius 1 is 1.21 bits per heavy atom. The summed E-state index contributed by atoms with van der Waals surface area (Å²) in [5, 5.41) is 11.7. The molecule has 2 unspecified atom stereocenters. The molecule has 0 amide bonds. The van der Waals surface area contributed by atoms with Crippen LogP contribution >= 0.6 is 0 Å². The van der Waals surface area contributed by atoms with E-state index in [1.165, 1.54) is 19.3 Å². The quantitative estimate of drug-likeness (QED) is 0.685. The predicted molar refractivity (Wildman–Crippen MR) is 97.7 cm³/mol. The Hall–Kier alpha value is -2.47. The number of nitrogens with two attached hydrogens (primary N) is 1. The van der Waals surface area contributed by atoms with E-state index >= 15 is 0 Å². The largest absolute Gasteiger partial charge is 0.370 e. The molecule has 6 heteroatoms. The molecule has 126 valence electrons. The number of anilines is 1. The molecular weight excluding hydrogens is 300 g/mol. The molecule has 1 aliphatic rings. The SMILES string of the molecule is NC1CCCCC1CNc1cccc(-c2[nH]nc3ncccc23)n1.[HH]. The third kappa shape index (κ3) is 2.97. The van der Waals surface area contributed by atoms with Crippen LogP contribution in [0.5, 0.6) is 0 Å². The molecule has 0 saturated heterocycles. The lowest BCUT2D eigenvalue weighted by Gasteiger charge is -2.28. The van der Waals surface area contributed by atoms with Crippen LogP contribution in [0.15, 0.2) is 36.5 Å². The van der Waals surface area contributed by atoms with Gasteiger partial charge in [0.2, 0.25) is 0 Å². The molecule has 1 saturated carbocycles. The van der Waals surface area contributed by atoms with Crippen molar-refractivity contribution in [2.45, 2.75) is 31.7 Å². The Morgan fingerprint density at radius 3 is 3.04 bits per heavy atom. The summed E-state index contributed by atoms with van der Waals surface area (Å²) >= 11 is 0. The van der Waals surface area contributed by atoms with Gasteiger partial charge in [0, 0.05) is 25.6 Å². The van der Waals surface area contributed by atoms with E-state index in [0.29, 0.717) is 17.6 Å². The van der Waals surface area contributed by atoms with Gasteiger partial charge in [0.15, 0.2) is 5.65 Å².